The molecule has 0 unspecified atom stereocenters. The molecule has 4 nitrogen and oxygen atoms in total. The lowest BCUT2D eigenvalue weighted by molar-refractivity contribution is 0.614. The van der Waals surface area contributed by atoms with Crippen molar-refractivity contribution in [2.24, 2.45) is 0 Å². The van der Waals surface area contributed by atoms with E-state index < -0.39 is 0 Å². The number of hydrogen-bond donors (Lipinski definition) is 0. The summed E-state index contributed by atoms with van der Waals surface area (Å²) >= 11 is 5.98. The van der Waals surface area contributed by atoms with Gasteiger partial charge in [-0.25, -0.2) is 18.9 Å². The van der Waals surface area contributed by atoms with Gasteiger partial charge in [-0.3, -0.25) is 0 Å². The van der Waals surface area contributed by atoms with Crippen molar-refractivity contribution in [3.05, 3.63) is 77.3 Å². The molecule has 1 aliphatic carbocycles. The Morgan fingerprint density at radius 3 is 2.96 bits per heavy atom. The van der Waals surface area contributed by atoms with Crippen LogP contribution in [0.4, 0.5) is 4.39 Å². The molecule has 0 amide bonds. The Morgan fingerprint density at radius 1 is 1.24 bits per heavy atom. The number of allylic oxidation sites excluding steroid dienone is 6. The van der Waals surface area contributed by atoms with Gasteiger partial charge in [0.1, 0.15) is 5.82 Å². The van der Waals surface area contributed by atoms with Crippen molar-refractivity contribution in [1.82, 2.24) is 19.6 Å². The smallest absolute Gasteiger partial charge is 0.222 e. The normalized spacial score (nSPS) is 14.4. The molecule has 0 saturated carbocycles. The number of halogens is 2. The summed E-state index contributed by atoms with van der Waals surface area (Å²) in [6, 6.07) is 4.90. The summed E-state index contributed by atoms with van der Waals surface area (Å²) in [5, 5.41) is 4.79. The van der Waals surface area contributed by atoms with E-state index in [1.54, 1.807) is 22.8 Å². The van der Waals surface area contributed by atoms with Gasteiger partial charge in [0.25, 0.3) is 0 Å². The Bertz CT molecular complexity index is 1060. The van der Waals surface area contributed by atoms with Crippen LogP contribution in [0.1, 0.15) is 19.0 Å². The Kier molecular flexibility index (Phi) is 3.93. The molecule has 0 aliphatic heterocycles. The molecule has 4 rings (SSSR count). The van der Waals surface area contributed by atoms with Gasteiger partial charge in [-0.1, -0.05) is 29.9 Å². The number of aromatic nitrogens is 4. The first-order valence-electron chi connectivity index (χ1n) is 7.83. The van der Waals surface area contributed by atoms with Crippen LogP contribution in [0.15, 0.2) is 60.5 Å². The summed E-state index contributed by atoms with van der Waals surface area (Å²) in [7, 11) is 0. The first kappa shape index (κ1) is 15.7. The largest absolute Gasteiger partial charge is 0.237 e. The summed E-state index contributed by atoms with van der Waals surface area (Å²) in [4.78, 5) is 8.28. The van der Waals surface area contributed by atoms with Gasteiger partial charge in [0, 0.05) is 6.20 Å². The zero-order valence-electron chi connectivity index (χ0n) is 13.4. The first-order valence-corrected chi connectivity index (χ1v) is 8.21. The summed E-state index contributed by atoms with van der Waals surface area (Å²) in [6.07, 6.45) is 11.9. The highest BCUT2D eigenvalue weighted by Gasteiger charge is 2.19. The first-order chi connectivity index (χ1) is 12.1. The fourth-order valence-electron chi connectivity index (χ4n) is 2.94. The second-order valence-electron chi connectivity index (χ2n) is 5.82. The fourth-order valence-corrected chi connectivity index (χ4v) is 3.08. The van der Waals surface area contributed by atoms with E-state index in [-0.39, 0.29) is 11.1 Å². The Morgan fingerprint density at radius 2 is 2.12 bits per heavy atom. The van der Waals surface area contributed by atoms with Gasteiger partial charge in [-0.15, -0.1) is 0 Å². The van der Waals surface area contributed by atoms with Gasteiger partial charge in [0.15, 0.2) is 0 Å². The van der Waals surface area contributed by atoms with Crippen LogP contribution < -0.4 is 0 Å². The van der Waals surface area contributed by atoms with E-state index in [1.165, 1.54) is 12.3 Å². The van der Waals surface area contributed by atoms with Crippen LogP contribution in [-0.2, 0) is 0 Å². The quantitative estimate of drug-likeness (QED) is 0.618. The summed E-state index contributed by atoms with van der Waals surface area (Å²) in [5.41, 5.74) is 5.17. The van der Waals surface area contributed by atoms with Crippen molar-refractivity contribution < 1.29 is 4.39 Å². The van der Waals surface area contributed by atoms with E-state index in [1.807, 2.05) is 19.1 Å². The SMILES string of the molecule is CC1=CC=CCC(c2nn3cc(F)ccc3c2-c2ccnc(Cl)n2)=C1. The standard InChI is InChI=1S/C19H14ClFN4/c1-12-4-2-3-5-13(10-12)18-17(15-8-9-22-19(20)23-15)16-7-6-14(21)11-25(16)24-18/h2-4,6-11H,5H2,1H3. The van der Waals surface area contributed by atoms with Crippen molar-refractivity contribution in [3.63, 3.8) is 0 Å². The lowest BCUT2D eigenvalue weighted by Crippen LogP contribution is -1.92. The minimum atomic E-state index is -0.348. The summed E-state index contributed by atoms with van der Waals surface area (Å²) in [6.45, 7) is 2.03. The highest BCUT2D eigenvalue weighted by Crippen LogP contribution is 2.34. The average Bonchev–Trinajstić information content (AvgIpc) is 2.81. The van der Waals surface area contributed by atoms with Crippen LogP contribution in [0, 0.1) is 5.82 Å². The molecule has 0 radical (unpaired) electrons. The van der Waals surface area contributed by atoms with E-state index >= 15 is 0 Å². The highest BCUT2D eigenvalue weighted by molar-refractivity contribution is 6.28. The number of rotatable bonds is 2. The molecule has 3 heterocycles. The van der Waals surface area contributed by atoms with E-state index in [4.69, 9.17) is 11.6 Å². The number of fused-ring (bicyclic) bond motifs is 1. The van der Waals surface area contributed by atoms with Crippen LogP contribution in [-0.4, -0.2) is 19.6 Å². The third kappa shape index (κ3) is 2.98. The molecule has 0 aromatic carbocycles. The van der Waals surface area contributed by atoms with Crippen LogP contribution in [0.3, 0.4) is 0 Å². The average molecular weight is 353 g/mol. The third-order valence-corrected chi connectivity index (χ3v) is 4.20. The topological polar surface area (TPSA) is 43.1 Å². The van der Waals surface area contributed by atoms with Gasteiger partial charge >= 0.3 is 0 Å². The van der Waals surface area contributed by atoms with Crippen molar-refractivity contribution in [1.29, 1.82) is 0 Å². The van der Waals surface area contributed by atoms with Gasteiger partial charge in [-0.2, -0.15) is 5.10 Å². The molecule has 0 N–H and O–H groups in total. The molecule has 25 heavy (non-hydrogen) atoms. The van der Waals surface area contributed by atoms with Gasteiger partial charge in [0.2, 0.25) is 5.28 Å². The monoisotopic (exact) mass is 352 g/mol. The van der Waals surface area contributed by atoms with E-state index in [2.05, 4.69) is 27.2 Å². The molecule has 3 aromatic heterocycles. The maximum atomic E-state index is 13.7. The lowest BCUT2D eigenvalue weighted by atomic mass is 10.0. The second-order valence-corrected chi connectivity index (χ2v) is 6.16. The van der Waals surface area contributed by atoms with Gasteiger partial charge in [-0.05, 0) is 48.7 Å². The predicted molar refractivity (Wildman–Crippen MR) is 96.7 cm³/mol. The third-order valence-electron chi connectivity index (χ3n) is 4.01. The van der Waals surface area contributed by atoms with Crippen LogP contribution >= 0.6 is 11.6 Å². The zero-order valence-corrected chi connectivity index (χ0v) is 14.2. The molecule has 1 aliphatic rings. The molecular formula is C19H14ClFN4. The molecule has 0 fully saturated rings. The molecule has 6 heteroatoms. The molecule has 0 bridgehead atoms. The minimum absolute atomic E-state index is 0.163. The minimum Gasteiger partial charge on any atom is -0.237 e. The van der Waals surface area contributed by atoms with Crippen LogP contribution in [0.25, 0.3) is 22.3 Å². The van der Waals surface area contributed by atoms with Crippen LogP contribution in [0.5, 0.6) is 0 Å². The van der Waals surface area contributed by atoms with Crippen LogP contribution in [0.2, 0.25) is 5.28 Å². The predicted octanol–water partition coefficient (Wildman–Crippen LogP) is 4.87. The Labute approximate surface area is 149 Å². The lowest BCUT2D eigenvalue weighted by Gasteiger charge is -2.06. The maximum absolute atomic E-state index is 13.7. The Balaban J connectivity index is 2.02. The van der Waals surface area contributed by atoms with Crippen molar-refractivity contribution >= 4 is 22.7 Å². The highest BCUT2D eigenvalue weighted by atomic mass is 35.5. The summed E-state index contributed by atoms with van der Waals surface area (Å²) < 4.78 is 15.2. The Hall–Kier alpha value is -2.79. The number of nitrogens with zero attached hydrogens (tertiary/aromatic N) is 4. The molecule has 0 spiro atoms. The second kappa shape index (κ2) is 6.26. The zero-order chi connectivity index (χ0) is 17.4. The van der Waals surface area contributed by atoms with Crippen molar-refractivity contribution in [2.45, 2.75) is 13.3 Å². The number of hydrogen-bond acceptors (Lipinski definition) is 3. The van der Waals surface area contributed by atoms with Crippen molar-refractivity contribution in [2.75, 3.05) is 0 Å². The maximum Gasteiger partial charge on any atom is 0.222 e. The fraction of sp³-hybridized carbons (Fsp3) is 0.105. The molecule has 3 aromatic rings. The number of pyridine rings is 1. The molecule has 124 valence electrons. The van der Waals surface area contributed by atoms with E-state index in [0.717, 1.165) is 34.3 Å². The van der Waals surface area contributed by atoms with E-state index in [9.17, 15) is 4.39 Å². The van der Waals surface area contributed by atoms with Gasteiger partial charge in [0.05, 0.1) is 28.7 Å². The molecule has 0 atom stereocenters. The summed E-state index contributed by atoms with van der Waals surface area (Å²) in [5.74, 6) is -0.348. The molecular weight excluding hydrogens is 339 g/mol. The van der Waals surface area contributed by atoms with Gasteiger partial charge < -0.3 is 0 Å². The van der Waals surface area contributed by atoms with Crippen molar-refractivity contribution in [3.8, 4) is 11.3 Å². The molecule has 0 saturated heterocycles. The van der Waals surface area contributed by atoms with E-state index in [0.29, 0.717) is 5.69 Å².